The predicted molar refractivity (Wildman–Crippen MR) is 123 cm³/mol. The summed E-state index contributed by atoms with van der Waals surface area (Å²) in [7, 11) is 0. The van der Waals surface area contributed by atoms with Crippen LogP contribution in [0.2, 0.25) is 0 Å². The van der Waals surface area contributed by atoms with Gasteiger partial charge in [0.15, 0.2) is 5.69 Å². The summed E-state index contributed by atoms with van der Waals surface area (Å²) < 4.78 is 13.1. The molecule has 0 unspecified atom stereocenters. The molecule has 4 heterocycles. The van der Waals surface area contributed by atoms with Crippen LogP contribution in [-0.2, 0) is 16.1 Å². The summed E-state index contributed by atoms with van der Waals surface area (Å²) in [6.07, 6.45) is 0. The third kappa shape index (κ3) is 3.79. The zero-order valence-electron chi connectivity index (χ0n) is 18.0. The van der Waals surface area contributed by atoms with Gasteiger partial charge in [0.25, 0.3) is 0 Å². The quantitative estimate of drug-likeness (QED) is 0.385. The summed E-state index contributed by atoms with van der Waals surface area (Å²) in [4.78, 5) is 32.6. The largest absolute Gasteiger partial charge is 0.461 e. The first kappa shape index (κ1) is 21.3. The fraction of sp³-hybridized carbons (Fsp3) is 0.318. The topological polar surface area (TPSA) is 86.4 Å². The lowest BCUT2D eigenvalue weighted by molar-refractivity contribution is -0.114. The van der Waals surface area contributed by atoms with Crippen LogP contribution < -0.4 is 5.32 Å². The molecule has 0 bridgehead atoms. The Hall–Kier alpha value is -2.91. The first-order chi connectivity index (χ1) is 14.8. The van der Waals surface area contributed by atoms with Crippen molar-refractivity contribution in [2.45, 2.75) is 41.2 Å². The lowest BCUT2D eigenvalue weighted by Gasteiger charge is -2.11. The number of anilines is 1. The van der Waals surface area contributed by atoms with Crippen LogP contribution in [0.4, 0.5) is 5.69 Å². The molecule has 0 saturated heterocycles. The average Bonchev–Trinajstić information content (AvgIpc) is 3.45. The number of rotatable bonds is 6. The molecule has 0 atom stereocenters. The Morgan fingerprint density at radius 1 is 1.29 bits per heavy atom. The van der Waals surface area contributed by atoms with E-state index in [-0.39, 0.29) is 12.5 Å². The number of carbonyl (C=O) groups excluding carboxylic acids is 2. The Morgan fingerprint density at radius 3 is 2.71 bits per heavy atom. The second-order valence-corrected chi connectivity index (χ2v) is 9.32. The van der Waals surface area contributed by atoms with Crippen molar-refractivity contribution in [3.8, 4) is 10.8 Å². The molecule has 162 valence electrons. The number of nitrogens with one attached hydrogen (secondary N) is 1. The van der Waals surface area contributed by atoms with Gasteiger partial charge >= 0.3 is 5.97 Å². The number of fused-ring (bicyclic) bond motifs is 1. The molecule has 7 nitrogen and oxygen atoms in total. The van der Waals surface area contributed by atoms with Crippen molar-refractivity contribution in [1.82, 2.24) is 9.55 Å². The fourth-order valence-electron chi connectivity index (χ4n) is 3.54. The van der Waals surface area contributed by atoms with Crippen molar-refractivity contribution in [3.05, 3.63) is 45.1 Å². The van der Waals surface area contributed by atoms with Gasteiger partial charge in [0, 0.05) is 17.2 Å². The number of carbonyl (C=O) groups is 2. The van der Waals surface area contributed by atoms with Gasteiger partial charge in [0.05, 0.1) is 23.7 Å². The van der Waals surface area contributed by atoms with E-state index in [4.69, 9.17) is 9.15 Å². The fourth-order valence-corrected chi connectivity index (χ4v) is 5.36. The number of hydrogen-bond donors (Lipinski definition) is 1. The molecule has 9 heteroatoms. The minimum atomic E-state index is -0.480. The van der Waals surface area contributed by atoms with Crippen LogP contribution in [0.5, 0.6) is 0 Å². The van der Waals surface area contributed by atoms with Crippen molar-refractivity contribution >= 4 is 50.5 Å². The summed E-state index contributed by atoms with van der Waals surface area (Å²) in [6, 6.07) is 3.91. The number of nitrogens with zero attached hydrogens (tertiary/aromatic N) is 2. The highest BCUT2D eigenvalue weighted by atomic mass is 32.1. The Labute approximate surface area is 187 Å². The molecule has 1 N–H and O–H groups in total. The molecule has 0 aliphatic carbocycles. The zero-order chi connectivity index (χ0) is 22.3. The van der Waals surface area contributed by atoms with Gasteiger partial charge < -0.3 is 19.0 Å². The van der Waals surface area contributed by atoms with Crippen molar-refractivity contribution < 1.29 is 18.7 Å². The molecular weight excluding hydrogens is 434 g/mol. The van der Waals surface area contributed by atoms with Crippen LogP contribution in [0.3, 0.4) is 0 Å². The number of ether oxygens (including phenoxy) is 1. The van der Waals surface area contributed by atoms with Gasteiger partial charge in [-0.15, -0.1) is 22.7 Å². The van der Waals surface area contributed by atoms with E-state index in [0.717, 1.165) is 31.2 Å². The average molecular weight is 458 g/mol. The minimum Gasteiger partial charge on any atom is -0.461 e. The molecule has 4 aromatic heterocycles. The molecular formula is C22H23N3O4S2. The summed E-state index contributed by atoms with van der Waals surface area (Å²) in [5, 5.41) is 5.70. The number of hydrogen-bond acceptors (Lipinski definition) is 7. The summed E-state index contributed by atoms with van der Waals surface area (Å²) >= 11 is 3.14. The smallest absolute Gasteiger partial charge is 0.357 e. The molecule has 4 rings (SSSR count). The third-order valence-corrected chi connectivity index (χ3v) is 7.16. The van der Waals surface area contributed by atoms with Crippen LogP contribution in [0.15, 0.2) is 21.9 Å². The second-order valence-electron chi connectivity index (χ2n) is 7.17. The van der Waals surface area contributed by atoms with Crippen LogP contribution in [0.1, 0.15) is 46.2 Å². The van der Waals surface area contributed by atoms with E-state index in [1.54, 1.807) is 29.6 Å². The van der Waals surface area contributed by atoms with E-state index in [9.17, 15) is 9.59 Å². The minimum absolute atomic E-state index is 0.237. The number of aromatic nitrogens is 2. The van der Waals surface area contributed by atoms with Gasteiger partial charge in [-0.2, -0.15) is 0 Å². The molecule has 0 aliphatic rings. The molecule has 1 amide bonds. The van der Waals surface area contributed by atoms with E-state index in [2.05, 4.69) is 10.3 Å². The highest BCUT2D eigenvalue weighted by molar-refractivity contribution is 7.19. The van der Waals surface area contributed by atoms with Crippen LogP contribution in [0, 0.1) is 20.8 Å². The lowest BCUT2D eigenvalue weighted by Crippen LogP contribution is -2.17. The molecule has 31 heavy (non-hydrogen) atoms. The predicted octanol–water partition coefficient (Wildman–Crippen LogP) is 5.53. The van der Waals surface area contributed by atoms with Gasteiger partial charge in [-0.05, 0) is 44.7 Å². The maximum absolute atomic E-state index is 13.0. The van der Waals surface area contributed by atoms with Gasteiger partial charge in [0.2, 0.25) is 11.8 Å². The molecule has 0 fully saturated rings. The standard InChI is InChI=1S/C22H23N3O4S2/c1-6-28-22(27)19-18(23-14(5)26)17-11(2)13(4)31-21(17)25(19)10-15-12(3)29-20(24-15)16-8-7-9-30-16/h7-9H,6,10H2,1-5H3,(H,23,26). The molecule has 0 saturated carbocycles. The van der Waals surface area contributed by atoms with Crippen LogP contribution >= 0.6 is 22.7 Å². The monoisotopic (exact) mass is 457 g/mol. The molecule has 0 aromatic carbocycles. The maximum atomic E-state index is 13.0. The number of thiophene rings is 2. The SMILES string of the molecule is CCOC(=O)c1c(NC(C)=O)c2c(C)c(C)sc2n1Cc1nc(-c2cccs2)oc1C. The summed E-state index contributed by atoms with van der Waals surface area (Å²) in [5.41, 5.74) is 2.57. The summed E-state index contributed by atoms with van der Waals surface area (Å²) in [5.74, 6) is 0.520. The van der Waals surface area contributed by atoms with E-state index in [0.29, 0.717) is 29.6 Å². The van der Waals surface area contributed by atoms with Crippen molar-refractivity contribution in [1.29, 1.82) is 0 Å². The number of amides is 1. The zero-order valence-corrected chi connectivity index (χ0v) is 19.6. The van der Waals surface area contributed by atoms with Gasteiger partial charge in [-0.3, -0.25) is 4.79 Å². The Kier molecular flexibility index (Phi) is 5.72. The van der Waals surface area contributed by atoms with Gasteiger partial charge in [-0.25, -0.2) is 9.78 Å². The molecule has 0 spiro atoms. The van der Waals surface area contributed by atoms with E-state index in [1.807, 2.05) is 42.9 Å². The Morgan fingerprint density at radius 2 is 2.06 bits per heavy atom. The molecule has 0 aliphatic heterocycles. The first-order valence-electron chi connectivity index (χ1n) is 9.88. The van der Waals surface area contributed by atoms with Crippen molar-refractivity contribution in [2.24, 2.45) is 0 Å². The maximum Gasteiger partial charge on any atom is 0.357 e. The highest BCUT2D eigenvalue weighted by Gasteiger charge is 2.29. The number of aryl methyl sites for hydroxylation is 3. The van der Waals surface area contributed by atoms with E-state index < -0.39 is 5.97 Å². The lowest BCUT2D eigenvalue weighted by atomic mass is 10.2. The number of oxazole rings is 1. The van der Waals surface area contributed by atoms with Crippen LogP contribution in [-0.4, -0.2) is 28.0 Å². The number of esters is 1. The normalized spacial score (nSPS) is 11.3. The Balaban J connectivity index is 1.90. The van der Waals surface area contributed by atoms with Gasteiger partial charge in [-0.1, -0.05) is 6.07 Å². The second kappa shape index (κ2) is 8.32. The van der Waals surface area contributed by atoms with Crippen molar-refractivity contribution in [2.75, 3.05) is 11.9 Å². The van der Waals surface area contributed by atoms with Crippen LogP contribution in [0.25, 0.3) is 21.0 Å². The van der Waals surface area contributed by atoms with Gasteiger partial charge in [0.1, 0.15) is 16.3 Å². The highest BCUT2D eigenvalue weighted by Crippen LogP contribution is 2.41. The van der Waals surface area contributed by atoms with E-state index in [1.165, 1.54) is 6.92 Å². The molecule has 4 aromatic rings. The Bertz CT molecular complexity index is 1280. The molecule has 0 radical (unpaired) electrons. The van der Waals surface area contributed by atoms with Crippen molar-refractivity contribution in [3.63, 3.8) is 0 Å². The first-order valence-corrected chi connectivity index (χ1v) is 11.6. The third-order valence-electron chi connectivity index (χ3n) is 5.07. The summed E-state index contributed by atoms with van der Waals surface area (Å²) in [6.45, 7) is 9.64. The van der Waals surface area contributed by atoms with E-state index >= 15 is 0 Å².